The van der Waals surface area contributed by atoms with Gasteiger partial charge in [0, 0.05) is 18.1 Å². The van der Waals surface area contributed by atoms with E-state index in [0.29, 0.717) is 18.2 Å². The molecular formula is C11H19NO. The van der Waals surface area contributed by atoms with Gasteiger partial charge in [0.2, 0.25) is 0 Å². The summed E-state index contributed by atoms with van der Waals surface area (Å²) in [5.41, 5.74) is 1.71. The van der Waals surface area contributed by atoms with Crippen LogP contribution in [0.4, 0.5) is 0 Å². The number of hydrogen-bond acceptors (Lipinski definition) is 2. The van der Waals surface area contributed by atoms with Gasteiger partial charge in [0.1, 0.15) is 0 Å². The Hall–Kier alpha value is -0.340. The zero-order valence-electron chi connectivity index (χ0n) is 8.42. The highest BCUT2D eigenvalue weighted by Gasteiger charge is 2.48. The lowest BCUT2D eigenvalue weighted by Crippen LogP contribution is -2.42. The number of nitrogens with zero attached hydrogens (tertiary/aromatic N) is 1. The molecule has 0 aromatic heterocycles. The Bertz CT molecular complexity index is 226. The molecule has 0 aromatic rings. The van der Waals surface area contributed by atoms with E-state index in [1.54, 1.807) is 0 Å². The van der Waals surface area contributed by atoms with Crippen molar-refractivity contribution in [2.75, 3.05) is 13.2 Å². The van der Waals surface area contributed by atoms with Crippen molar-refractivity contribution < 1.29 is 5.11 Å². The van der Waals surface area contributed by atoms with Crippen LogP contribution in [-0.2, 0) is 0 Å². The fraction of sp³-hybridized carbons (Fsp3) is 0.818. The van der Waals surface area contributed by atoms with Gasteiger partial charge < -0.3 is 5.11 Å². The maximum absolute atomic E-state index is 9.24. The minimum Gasteiger partial charge on any atom is -0.395 e. The van der Waals surface area contributed by atoms with Crippen LogP contribution >= 0.6 is 0 Å². The molecular weight excluding hydrogens is 162 g/mol. The van der Waals surface area contributed by atoms with Crippen molar-refractivity contribution in [2.24, 2.45) is 0 Å². The first-order chi connectivity index (χ1) is 6.22. The highest BCUT2D eigenvalue weighted by molar-refractivity contribution is 5.18. The molecule has 0 spiro atoms. The van der Waals surface area contributed by atoms with Gasteiger partial charge in [-0.05, 0) is 25.7 Å². The predicted octanol–water partition coefficient (Wildman–Crippen LogP) is 1.55. The van der Waals surface area contributed by atoms with Crippen LogP contribution in [0, 0.1) is 0 Å². The van der Waals surface area contributed by atoms with Gasteiger partial charge in [-0.1, -0.05) is 19.1 Å². The monoisotopic (exact) mass is 181 g/mol. The summed E-state index contributed by atoms with van der Waals surface area (Å²) in [6, 6.07) is 0.402. The average Bonchev–Trinajstić information content (AvgIpc) is 2.59. The van der Waals surface area contributed by atoms with Gasteiger partial charge in [-0.2, -0.15) is 0 Å². The molecule has 2 nitrogen and oxygen atoms in total. The van der Waals surface area contributed by atoms with Gasteiger partial charge in [-0.15, -0.1) is 0 Å². The fourth-order valence-electron chi connectivity index (χ4n) is 3.07. The number of aliphatic hydroxyl groups is 1. The highest BCUT2D eigenvalue weighted by atomic mass is 16.3. The topological polar surface area (TPSA) is 23.5 Å². The Morgan fingerprint density at radius 1 is 1.69 bits per heavy atom. The lowest BCUT2D eigenvalue weighted by molar-refractivity contribution is 0.104. The van der Waals surface area contributed by atoms with Crippen LogP contribution in [0.1, 0.15) is 32.6 Å². The zero-order valence-corrected chi connectivity index (χ0v) is 8.42. The van der Waals surface area contributed by atoms with Crippen molar-refractivity contribution >= 4 is 0 Å². The van der Waals surface area contributed by atoms with E-state index < -0.39 is 0 Å². The maximum Gasteiger partial charge on any atom is 0.0587 e. The number of fused-ring (bicyclic) bond motifs is 1. The van der Waals surface area contributed by atoms with E-state index in [2.05, 4.69) is 18.4 Å². The number of rotatable bonds is 2. The molecule has 1 N–H and O–H groups in total. The molecule has 0 amide bonds. The molecule has 2 aliphatic rings. The lowest BCUT2D eigenvalue weighted by Gasteiger charge is -2.33. The zero-order chi connectivity index (χ0) is 9.47. The maximum atomic E-state index is 9.24. The Balaban J connectivity index is 2.21. The number of aliphatic hydroxyl groups excluding tert-OH is 1. The lowest BCUT2D eigenvalue weighted by atomic mass is 9.90. The first-order valence-electron chi connectivity index (χ1n) is 5.26. The van der Waals surface area contributed by atoms with Crippen molar-refractivity contribution in [3.8, 4) is 0 Å². The second-order valence-corrected chi connectivity index (χ2v) is 4.51. The fourth-order valence-corrected chi connectivity index (χ4v) is 3.07. The molecule has 0 aromatic carbocycles. The molecule has 2 heteroatoms. The second-order valence-electron chi connectivity index (χ2n) is 4.51. The van der Waals surface area contributed by atoms with Crippen LogP contribution in [0.3, 0.4) is 0 Å². The van der Waals surface area contributed by atoms with Gasteiger partial charge in [0.25, 0.3) is 0 Å². The third-order valence-electron chi connectivity index (χ3n) is 3.83. The van der Waals surface area contributed by atoms with Gasteiger partial charge in [-0.25, -0.2) is 0 Å². The molecule has 0 radical (unpaired) electrons. The summed E-state index contributed by atoms with van der Waals surface area (Å²) in [6.07, 6.45) is 4.76. The van der Waals surface area contributed by atoms with Gasteiger partial charge >= 0.3 is 0 Å². The molecule has 2 atom stereocenters. The summed E-state index contributed by atoms with van der Waals surface area (Å²) in [6.45, 7) is 7.66. The first-order valence-corrected chi connectivity index (χ1v) is 5.26. The highest BCUT2D eigenvalue weighted by Crippen LogP contribution is 2.45. The van der Waals surface area contributed by atoms with Gasteiger partial charge in [0.15, 0.2) is 0 Å². The normalized spacial score (nSPS) is 39.8. The van der Waals surface area contributed by atoms with Crippen molar-refractivity contribution in [3.63, 3.8) is 0 Å². The molecule has 0 saturated carbocycles. The van der Waals surface area contributed by atoms with Crippen molar-refractivity contribution in [2.45, 2.75) is 44.2 Å². The van der Waals surface area contributed by atoms with Crippen LogP contribution in [0.25, 0.3) is 0 Å². The molecule has 2 fully saturated rings. The molecule has 74 valence electrons. The molecule has 0 unspecified atom stereocenters. The summed E-state index contributed by atoms with van der Waals surface area (Å²) >= 11 is 0. The summed E-state index contributed by atoms with van der Waals surface area (Å²) in [5.74, 6) is 0. The van der Waals surface area contributed by atoms with Gasteiger partial charge in [0.05, 0.1) is 6.61 Å². The van der Waals surface area contributed by atoms with Crippen molar-refractivity contribution in [1.82, 2.24) is 4.90 Å². The Kier molecular flexibility index (Phi) is 2.20. The van der Waals surface area contributed by atoms with E-state index in [1.165, 1.54) is 18.4 Å². The van der Waals surface area contributed by atoms with Crippen LogP contribution in [0.5, 0.6) is 0 Å². The molecule has 2 heterocycles. The van der Waals surface area contributed by atoms with Crippen LogP contribution in [0.2, 0.25) is 0 Å². The minimum absolute atomic E-state index is 0.315. The third kappa shape index (κ3) is 1.24. The van der Waals surface area contributed by atoms with E-state index in [9.17, 15) is 5.11 Å². The molecule has 0 aliphatic carbocycles. The van der Waals surface area contributed by atoms with Gasteiger partial charge in [-0.3, -0.25) is 4.90 Å². The van der Waals surface area contributed by atoms with Crippen molar-refractivity contribution in [3.05, 3.63) is 12.2 Å². The molecule has 13 heavy (non-hydrogen) atoms. The second kappa shape index (κ2) is 3.10. The first kappa shape index (κ1) is 9.22. The largest absolute Gasteiger partial charge is 0.395 e. The van der Waals surface area contributed by atoms with Crippen LogP contribution in [-0.4, -0.2) is 34.7 Å². The van der Waals surface area contributed by atoms with E-state index >= 15 is 0 Å². The van der Waals surface area contributed by atoms with Crippen LogP contribution < -0.4 is 0 Å². The standard InChI is InChI=1S/C11H19NO/c1-3-11-5-4-10(8-13)12(11)7-9(2)6-11/h10,13H,2-8H2,1H3/t10-,11-/m0/s1. The Morgan fingerprint density at radius 2 is 2.46 bits per heavy atom. The Labute approximate surface area is 80.2 Å². The summed E-state index contributed by atoms with van der Waals surface area (Å²) < 4.78 is 0. The quantitative estimate of drug-likeness (QED) is 0.653. The third-order valence-corrected chi connectivity index (χ3v) is 3.83. The van der Waals surface area contributed by atoms with E-state index in [1.807, 2.05) is 0 Å². The molecule has 2 saturated heterocycles. The van der Waals surface area contributed by atoms with Crippen molar-refractivity contribution in [1.29, 1.82) is 0 Å². The smallest absolute Gasteiger partial charge is 0.0587 e. The molecule has 2 aliphatic heterocycles. The average molecular weight is 181 g/mol. The summed E-state index contributed by atoms with van der Waals surface area (Å²) in [7, 11) is 0. The predicted molar refractivity (Wildman–Crippen MR) is 53.6 cm³/mol. The summed E-state index contributed by atoms with van der Waals surface area (Å²) in [4.78, 5) is 2.48. The minimum atomic E-state index is 0.315. The Morgan fingerprint density at radius 3 is 3.08 bits per heavy atom. The SMILES string of the molecule is C=C1CN2[C@H](CO)CC[C@@]2(CC)C1. The van der Waals surface area contributed by atoms with E-state index in [0.717, 1.165) is 19.4 Å². The van der Waals surface area contributed by atoms with E-state index in [-0.39, 0.29) is 0 Å². The number of hydrogen-bond donors (Lipinski definition) is 1. The molecule has 2 rings (SSSR count). The van der Waals surface area contributed by atoms with Crippen LogP contribution in [0.15, 0.2) is 12.2 Å². The summed E-state index contributed by atoms with van der Waals surface area (Å²) in [5, 5.41) is 9.24. The van der Waals surface area contributed by atoms with E-state index in [4.69, 9.17) is 0 Å². The molecule has 0 bridgehead atoms.